The molecule has 2 aliphatic rings. The fraction of sp³-hybridized carbons (Fsp3) is 0.577. The number of aromatic nitrogens is 2. The Morgan fingerprint density at radius 1 is 1.26 bits per heavy atom. The Hall–Kier alpha value is -1.87. The monoisotopic (exact) mass is 516 g/mol. The Labute approximate surface area is 218 Å². The van der Waals surface area contributed by atoms with E-state index in [9.17, 15) is 4.79 Å². The number of halogens is 1. The second kappa shape index (κ2) is 12.4. The zero-order valence-electron chi connectivity index (χ0n) is 20.6. The lowest BCUT2D eigenvalue weighted by Crippen LogP contribution is -2.42. The van der Waals surface area contributed by atoms with Gasteiger partial charge in [0, 0.05) is 24.4 Å². The summed E-state index contributed by atoms with van der Waals surface area (Å²) >= 11 is 8.10. The topological polar surface area (TPSA) is 96.2 Å². The predicted molar refractivity (Wildman–Crippen MR) is 144 cm³/mol. The van der Waals surface area contributed by atoms with Gasteiger partial charge in [-0.3, -0.25) is 4.79 Å². The van der Waals surface area contributed by atoms with Gasteiger partial charge in [-0.15, -0.1) is 0 Å². The summed E-state index contributed by atoms with van der Waals surface area (Å²) in [6, 6.07) is 5.69. The molecule has 7 nitrogen and oxygen atoms in total. The second-order valence-electron chi connectivity index (χ2n) is 10.1. The molecule has 1 amide bonds. The Morgan fingerprint density at radius 3 is 2.71 bits per heavy atom. The van der Waals surface area contributed by atoms with Gasteiger partial charge in [-0.2, -0.15) is 0 Å². The third-order valence-corrected chi connectivity index (χ3v) is 8.83. The number of anilines is 2. The fourth-order valence-corrected chi connectivity index (χ4v) is 5.81. The number of benzene rings is 1. The summed E-state index contributed by atoms with van der Waals surface area (Å²) in [5, 5.41) is 7.68. The van der Waals surface area contributed by atoms with E-state index in [-0.39, 0.29) is 11.3 Å². The van der Waals surface area contributed by atoms with E-state index < -0.39 is 0 Å². The van der Waals surface area contributed by atoms with Crippen LogP contribution in [0.1, 0.15) is 51.9 Å². The SMILES string of the molecule is CC1(CN)CCN(c2cnc(Sc3cccc(NC(=O)CCCC4CCNCC4)c3Cl)cn2)CC1. The normalized spacial score (nSPS) is 18.4. The van der Waals surface area contributed by atoms with Crippen LogP contribution < -0.4 is 21.3 Å². The van der Waals surface area contributed by atoms with E-state index >= 15 is 0 Å². The Bertz CT molecular complexity index is 974. The van der Waals surface area contributed by atoms with E-state index in [0.717, 1.165) is 80.1 Å². The fourth-order valence-electron chi connectivity index (χ4n) is 4.74. The average molecular weight is 517 g/mol. The van der Waals surface area contributed by atoms with E-state index in [4.69, 9.17) is 17.3 Å². The lowest BCUT2D eigenvalue weighted by Gasteiger charge is -2.39. The maximum absolute atomic E-state index is 12.5. The van der Waals surface area contributed by atoms with E-state index in [1.807, 2.05) is 24.4 Å². The number of carbonyl (C=O) groups is 1. The molecule has 9 heteroatoms. The second-order valence-corrected chi connectivity index (χ2v) is 11.5. The van der Waals surface area contributed by atoms with Crippen molar-refractivity contribution in [2.45, 2.75) is 61.8 Å². The molecule has 35 heavy (non-hydrogen) atoms. The van der Waals surface area contributed by atoms with Crippen LogP contribution in [0.25, 0.3) is 0 Å². The van der Waals surface area contributed by atoms with Crippen molar-refractivity contribution in [3.63, 3.8) is 0 Å². The zero-order chi connectivity index (χ0) is 24.7. The smallest absolute Gasteiger partial charge is 0.224 e. The number of hydrogen-bond acceptors (Lipinski definition) is 7. The van der Waals surface area contributed by atoms with Crippen LogP contribution in [0.4, 0.5) is 11.5 Å². The molecule has 1 aromatic carbocycles. The molecule has 2 saturated heterocycles. The quantitative estimate of drug-likeness (QED) is 0.433. The van der Waals surface area contributed by atoms with E-state index in [0.29, 0.717) is 17.1 Å². The highest BCUT2D eigenvalue weighted by molar-refractivity contribution is 7.99. The molecule has 4 rings (SSSR count). The van der Waals surface area contributed by atoms with Gasteiger partial charge in [-0.25, -0.2) is 9.97 Å². The van der Waals surface area contributed by atoms with Crippen molar-refractivity contribution in [1.29, 1.82) is 0 Å². The first-order valence-corrected chi connectivity index (χ1v) is 13.9. The molecular formula is C26H37ClN6OS. The summed E-state index contributed by atoms with van der Waals surface area (Å²) in [4.78, 5) is 24.9. The lowest BCUT2D eigenvalue weighted by molar-refractivity contribution is -0.116. The van der Waals surface area contributed by atoms with Crippen molar-refractivity contribution in [3.8, 4) is 0 Å². The number of carbonyl (C=O) groups excluding carboxylic acids is 1. The highest BCUT2D eigenvalue weighted by Crippen LogP contribution is 2.37. The van der Waals surface area contributed by atoms with Gasteiger partial charge in [0.2, 0.25) is 5.91 Å². The number of amides is 1. The van der Waals surface area contributed by atoms with Crippen molar-refractivity contribution in [3.05, 3.63) is 35.6 Å². The first kappa shape index (κ1) is 26.2. The van der Waals surface area contributed by atoms with Gasteiger partial charge in [-0.1, -0.05) is 36.4 Å². The number of rotatable bonds is 9. The molecular weight excluding hydrogens is 480 g/mol. The van der Waals surface area contributed by atoms with Crippen molar-refractivity contribution in [2.75, 3.05) is 42.9 Å². The van der Waals surface area contributed by atoms with Crippen molar-refractivity contribution < 1.29 is 4.79 Å². The van der Waals surface area contributed by atoms with Crippen LogP contribution in [0.5, 0.6) is 0 Å². The number of nitrogens with one attached hydrogen (secondary N) is 2. The van der Waals surface area contributed by atoms with Crippen LogP contribution in [-0.4, -0.2) is 48.6 Å². The molecule has 0 saturated carbocycles. The van der Waals surface area contributed by atoms with E-state index in [1.54, 1.807) is 6.20 Å². The number of hydrogen-bond donors (Lipinski definition) is 3. The molecule has 2 fully saturated rings. The van der Waals surface area contributed by atoms with Gasteiger partial charge in [0.1, 0.15) is 10.8 Å². The van der Waals surface area contributed by atoms with Crippen molar-refractivity contribution >= 4 is 40.8 Å². The average Bonchev–Trinajstić information content (AvgIpc) is 2.88. The van der Waals surface area contributed by atoms with Crippen LogP contribution in [0, 0.1) is 11.3 Å². The first-order valence-electron chi connectivity index (χ1n) is 12.7. The molecule has 2 aliphatic heterocycles. The molecule has 1 aromatic heterocycles. The Kier molecular flexibility index (Phi) is 9.27. The molecule has 0 radical (unpaired) electrons. The van der Waals surface area contributed by atoms with Gasteiger partial charge in [0.05, 0.1) is 23.1 Å². The standard InChI is InChI=1S/C26H37ClN6OS/c1-26(18-28)10-14-33(15-11-26)22-16-31-24(17-30-22)35-21-6-3-5-20(25(21)27)32-23(34)7-2-4-19-8-12-29-13-9-19/h3,5-6,16-17,19,29H,2,4,7-15,18,28H2,1H3,(H,32,34). The molecule has 0 spiro atoms. The van der Waals surface area contributed by atoms with Gasteiger partial charge in [0.15, 0.2) is 0 Å². The minimum atomic E-state index is 0.0133. The maximum atomic E-state index is 12.5. The molecule has 0 unspecified atom stereocenters. The van der Waals surface area contributed by atoms with Gasteiger partial charge in [0.25, 0.3) is 0 Å². The minimum Gasteiger partial charge on any atom is -0.355 e. The van der Waals surface area contributed by atoms with Crippen LogP contribution in [-0.2, 0) is 4.79 Å². The van der Waals surface area contributed by atoms with E-state index in [2.05, 4.69) is 32.4 Å². The number of piperidine rings is 2. The maximum Gasteiger partial charge on any atom is 0.224 e. The van der Waals surface area contributed by atoms with Gasteiger partial charge in [-0.05, 0) is 81.6 Å². The zero-order valence-corrected chi connectivity index (χ0v) is 22.1. The van der Waals surface area contributed by atoms with Crippen molar-refractivity contribution in [1.82, 2.24) is 15.3 Å². The molecule has 0 aliphatic carbocycles. The third kappa shape index (κ3) is 7.32. The predicted octanol–water partition coefficient (Wildman–Crippen LogP) is 4.95. The lowest BCUT2D eigenvalue weighted by atomic mass is 9.80. The van der Waals surface area contributed by atoms with Crippen LogP contribution in [0.2, 0.25) is 5.02 Å². The Balaban J connectivity index is 1.29. The van der Waals surface area contributed by atoms with Crippen LogP contribution >= 0.6 is 23.4 Å². The number of nitrogens with zero attached hydrogens (tertiary/aromatic N) is 3. The number of nitrogens with two attached hydrogens (primary N) is 1. The summed E-state index contributed by atoms with van der Waals surface area (Å²) in [5.74, 6) is 1.64. The largest absolute Gasteiger partial charge is 0.355 e. The molecule has 0 bridgehead atoms. The van der Waals surface area contributed by atoms with E-state index in [1.165, 1.54) is 24.6 Å². The summed E-state index contributed by atoms with van der Waals surface area (Å²) < 4.78 is 0. The molecule has 3 heterocycles. The minimum absolute atomic E-state index is 0.0133. The molecule has 4 N–H and O–H groups in total. The highest BCUT2D eigenvalue weighted by atomic mass is 35.5. The van der Waals surface area contributed by atoms with Crippen LogP contribution in [0.3, 0.4) is 0 Å². The molecule has 0 atom stereocenters. The summed E-state index contributed by atoms with van der Waals surface area (Å²) in [6.07, 6.45) is 10.7. The van der Waals surface area contributed by atoms with Crippen LogP contribution in [0.15, 0.2) is 40.5 Å². The highest BCUT2D eigenvalue weighted by Gasteiger charge is 2.29. The molecule has 190 valence electrons. The van der Waals surface area contributed by atoms with Gasteiger partial charge >= 0.3 is 0 Å². The van der Waals surface area contributed by atoms with Gasteiger partial charge < -0.3 is 21.3 Å². The summed E-state index contributed by atoms with van der Waals surface area (Å²) in [6.45, 7) is 7.06. The summed E-state index contributed by atoms with van der Waals surface area (Å²) in [7, 11) is 0. The van der Waals surface area contributed by atoms with Crippen molar-refractivity contribution in [2.24, 2.45) is 17.1 Å². The first-order chi connectivity index (χ1) is 17.0. The molecule has 2 aromatic rings. The third-order valence-electron chi connectivity index (χ3n) is 7.33. The Morgan fingerprint density at radius 2 is 2.03 bits per heavy atom. The summed E-state index contributed by atoms with van der Waals surface area (Å²) in [5.41, 5.74) is 6.80.